The molecule has 8 nitrogen and oxygen atoms in total. The zero-order valence-corrected chi connectivity index (χ0v) is 17.8. The van der Waals surface area contributed by atoms with Crippen LogP contribution in [0, 0.1) is 0 Å². The molecule has 0 aliphatic heterocycles. The lowest BCUT2D eigenvalue weighted by molar-refractivity contribution is -0.118. The second-order valence-electron chi connectivity index (χ2n) is 7.42. The molecule has 0 radical (unpaired) electrons. The quantitative estimate of drug-likeness (QED) is 0.462. The number of aryl methyl sites for hydroxylation is 1. The molecule has 1 aromatic heterocycles. The summed E-state index contributed by atoms with van der Waals surface area (Å²) in [6.07, 6.45) is 0. The fourth-order valence-electron chi connectivity index (χ4n) is 2.35. The summed E-state index contributed by atoms with van der Waals surface area (Å²) in [5.41, 5.74) is 4.31. The molecule has 0 aliphatic rings. The van der Waals surface area contributed by atoms with E-state index in [2.05, 4.69) is 36.4 Å². The van der Waals surface area contributed by atoms with Crippen molar-refractivity contribution < 1.29 is 4.79 Å². The number of amides is 1. The summed E-state index contributed by atoms with van der Waals surface area (Å²) in [4.78, 5) is 35.7. The Bertz CT molecular complexity index is 1010. The second-order valence-corrected chi connectivity index (χ2v) is 8.39. The Hall–Kier alpha value is -2.68. The van der Waals surface area contributed by atoms with Crippen LogP contribution in [0.5, 0.6) is 0 Å². The summed E-state index contributed by atoms with van der Waals surface area (Å²) < 4.78 is 2.02. The van der Waals surface area contributed by atoms with Gasteiger partial charge in [0.1, 0.15) is 0 Å². The number of rotatable bonds is 5. The lowest BCUT2D eigenvalue weighted by Crippen LogP contribution is -2.39. The van der Waals surface area contributed by atoms with E-state index in [9.17, 15) is 14.4 Å². The van der Waals surface area contributed by atoms with E-state index in [0.717, 1.165) is 26.6 Å². The predicted molar refractivity (Wildman–Crippen MR) is 111 cm³/mol. The van der Waals surface area contributed by atoms with Gasteiger partial charge >= 0.3 is 5.69 Å². The topological polar surface area (TPSA) is 98.3 Å². The van der Waals surface area contributed by atoms with Crippen molar-refractivity contribution in [2.45, 2.75) is 38.1 Å². The van der Waals surface area contributed by atoms with Crippen LogP contribution in [0.4, 0.5) is 0 Å². The van der Waals surface area contributed by atoms with Crippen LogP contribution >= 0.6 is 11.8 Å². The van der Waals surface area contributed by atoms with E-state index < -0.39 is 11.2 Å². The predicted octanol–water partition coefficient (Wildman–Crippen LogP) is 1.41. The van der Waals surface area contributed by atoms with E-state index in [4.69, 9.17) is 0 Å². The summed E-state index contributed by atoms with van der Waals surface area (Å²) in [5, 5.41) is 8.09. The summed E-state index contributed by atoms with van der Waals surface area (Å²) >= 11 is 0.959. The Balaban J connectivity index is 2.00. The number of thioether (sulfide) groups is 1. The first-order valence-corrected chi connectivity index (χ1v) is 9.70. The molecule has 0 fully saturated rings. The highest BCUT2D eigenvalue weighted by molar-refractivity contribution is 7.99. The van der Waals surface area contributed by atoms with Crippen LogP contribution in [0.15, 0.2) is 44.0 Å². The maximum absolute atomic E-state index is 12.0. The van der Waals surface area contributed by atoms with Gasteiger partial charge in [-0.2, -0.15) is 10.2 Å². The van der Waals surface area contributed by atoms with E-state index in [-0.39, 0.29) is 22.1 Å². The van der Waals surface area contributed by atoms with Crippen molar-refractivity contribution in [1.29, 1.82) is 0 Å². The van der Waals surface area contributed by atoms with E-state index >= 15 is 0 Å². The first-order chi connectivity index (χ1) is 13.0. The summed E-state index contributed by atoms with van der Waals surface area (Å²) in [7, 11) is 2.82. The molecule has 28 heavy (non-hydrogen) atoms. The zero-order valence-electron chi connectivity index (χ0n) is 16.9. The van der Waals surface area contributed by atoms with Crippen LogP contribution in [0.2, 0.25) is 0 Å². The number of benzene rings is 1. The zero-order chi connectivity index (χ0) is 21.1. The Labute approximate surface area is 167 Å². The fourth-order valence-corrected chi connectivity index (χ4v) is 3.12. The minimum absolute atomic E-state index is 0.0415. The molecule has 0 atom stereocenters. The van der Waals surface area contributed by atoms with Crippen molar-refractivity contribution in [3.8, 4) is 0 Å². The summed E-state index contributed by atoms with van der Waals surface area (Å²) in [5.74, 6) is -0.409. The van der Waals surface area contributed by atoms with Gasteiger partial charge in [-0.3, -0.25) is 14.2 Å². The average Bonchev–Trinajstić information content (AvgIpc) is 2.65. The third kappa shape index (κ3) is 5.19. The maximum atomic E-state index is 12.0. The smallest absolute Gasteiger partial charge is 0.272 e. The van der Waals surface area contributed by atoms with Crippen LogP contribution in [0.3, 0.4) is 0 Å². The monoisotopic (exact) mass is 403 g/mol. The number of carbonyl (C=O) groups is 1. The van der Waals surface area contributed by atoms with Crippen LogP contribution < -0.4 is 16.7 Å². The Morgan fingerprint density at radius 1 is 1.18 bits per heavy atom. The molecule has 0 saturated carbocycles. The number of hydrogen-bond donors (Lipinski definition) is 1. The number of aromatic nitrogens is 3. The van der Waals surface area contributed by atoms with Crippen molar-refractivity contribution in [3.05, 3.63) is 56.2 Å². The van der Waals surface area contributed by atoms with Gasteiger partial charge in [0.25, 0.3) is 5.56 Å². The third-order valence-corrected chi connectivity index (χ3v) is 5.09. The van der Waals surface area contributed by atoms with Gasteiger partial charge in [0.15, 0.2) is 5.03 Å². The summed E-state index contributed by atoms with van der Waals surface area (Å²) in [6.45, 7) is 8.25. The molecule has 1 N–H and O–H groups in total. The highest BCUT2D eigenvalue weighted by Gasteiger charge is 2.14. The lowest BCUT2D eigenvalue weighted by atomic mass is 9.86. The van der Waals surface area contributed by atoms with E-state index in [1.807, 2.05) is 31.2 Å². The van der Waals surface area contributed by atoms with Crippen LogP contribution in [0.25, 0.3) is 0 Å². The first-order valence-electron chi connectivity index (χ1n) is 8.72. The van der Waals surface area contributed by atoms with Crippen molar-refractivity contribution in [2.24, 2.45) is 19.2 Å². The van der Waals surface area contributed by atoms with E-state index in [1.165, 1.54) is 19.7 Å². The van der Waals surface area contributed by atoms with Crippen molar-refractivity contribution in [2.75, 3.05) is 5.75 Å². The Morgan fingerprint density at radius 3 is 2.36 bits per heavy atom. The van der Waals surface area contributed by atoms with Gasteiger partial charge in [0, 0.05) is 14.1 Å². The van der Waals surface area contributed by atoms with Crippen molar-refractivity contribution in [1.82, 2.24) is 19.8 Å². The molecule has 0 spiro atoms. The molecular formula is C19H25N5O3S. The number of hydrazone groups is 1. The molecule has 0 aliphatic carbocycles. The summed E-state index contributed by atoms with van der Waals surface area (Å²) in [6, 6.07) is 8.04. The minimum atomic E-state index is -0.528. The van der Waals surface area contributed by atoms with Crippen molar-refractivity contribution in [3.63, 3.8) is 0 Å². The van der Waals surface area contributed by atoms with Crippen LogP contribution in [0.1, 0.15) is 38.8 Å². The van der Waals surface area contributed by atoms with Gasteiger partial charge in [0.2, 0.25) is 5.91 Å². The molecule has 1 heterocycles. The highest BCUT2D eigenvalue weighted by atomic mass is 32.2. The maximum Gasteiger partial charge on any atom is 0.346 e. The molecule has 2 rings (SSSR count). The average molecular weight is 404 g/mol. The number of hydrogen-bond acceptors (Lipinski definition) is 6. The van der Waals surface area contributed by atoms with Gasteiger partial charge in [-0.05, 0) is 23.5 Å². The number of nitrogens with one attached hydrogen (secondary N) is 1. The largest absolute Gasteiger partial charge is 0.346 e. The van der Waals surface area contributed by atoms with E-state index in [0.29, 0.717) is 5.71 Å². The fraction of sp³-hybridized carbons (Fsp3) is 0.421. The Kier molecular flexibility index (Phi) is 6.60. The van der Waals surface area contributed by atoms with Crippen molar-refractivity contribution >= 4 is 23.4 Å². The molecule has 0 unspecified atom stereocenters. The van der Waals surface area contributed by atoms with Crippen LogP contribution in [-0.4, -0.2) is 31.7 Å². The Morgan fingerprint density at radius 2 is 1.79 bits per heavy atom. The number of nitrogens with zero attached hydrogens (tertiary/aromatic N) is 4. The normalized spacial score (nSPS) is 12.1. The molecule has 0 bridgehead atoms. The minimum Gasteiger partial charge on any atom is -0.272 e. The second kappa shape index (κ2) is 8.55. The molecule has 0 saturated heterocycles. The lowest BCUT2D eigenvalue weighted by Gasteiger charge is -2.19. The molecular weight excluding hydrogens is 378 g/mol. The molecule has 9 heteroatoms. The number of carbonyl (C=O) groups excluding carboxylic acids is 1. The molecule has 1 amide bonds. The molecule has 1 aromatic carbocycles. The van der Waals surface area contributed by atoms with Crippen LogP contribution in [-0.2, 0) is 24.3 Å². The highest BCUT2D eigenvalue weighted by Crippen LogP contribution is 2.22. The SMILES string of the molecule is C/C(=N/NC(=O)CSc1nn(C)c(=O)n(C)c1=O)c1ccc(C(C)(C)C)cc1. The first kappa shape index (κ1) is 21.6. The van der Waals surface area contributed by atoms with Gasteiger partial charge in [-0.1, -0.05) is 56.8 Å². The molecule has 150 valence electrons. The van der Waals surface area contributed by atoms with E-state index in [1.54, 1.807) is 0 Å². The third-order valence-electron chi connectivity index (χ3n) is 4.15. The van der Waals surface area contributed by atoms with Gasteiger partial charge in [0.05, 0.1) is 11.5 Å². The molecule has 2 aromatic rings. The van der Waals surface area contributed by atoms with Gasteiger partial charge in [-0.15, -0.1) is 0 Å². The van der Waals surface area contributed by atoms with Gasteiger partial charge in [-0.25, -0.2) is 14.9 Å². The standard InChI is InChI=1S/C19H25N5O3S/c1-12(13-7-9-14(10-8-13)19(2,3)4)20-21-15(25)11-28-16-17(26)23(5)18(27)24(6)22-16/h7-10H,11H2,1-6H3,(H,21,25)/b20-12-. The van der Waals surface area contributed by atoms with Gasteiger partial charge < -0.3 is 0 Å².